The maximum atomic E-state index is 5.55. The van der Waals surface area contributed by atoms with Gasteiger partial charge in [-0.3, -0.25) is 0 Å². The Bertz CT molecular complexity index is 189. The minimum atomic E-state index is 0.574. The van der Waals surface area contributed by atoms with E-state index in [1.165, 1.54) is 45.1 Å². The summed E-state index contributed by atoms with van der Waals surface area (Å²) in [5.41, 5.74) is 6.12. The molecule has 0 aromatic rings. The van der Waals surface area contributed by atoms with Crippen LogP contribution in [-0.2, 0) is 0 Å². The highest BCUT2D eigenvalue weighted by Crippen LogP contribution is 2.36. The zero-order valence-electron chi connectivity index (χ0n) is 11.4. The third-order valence-corrected chi connectivity index (χ3v) is 3.93. The van der Waals surface area contributed by atoms with Crippen LogP contribution in [0.5, 0.6) is 0 Å². The van der Waals surface area contributed by atoms with Crippen LogP contribution in [0.15, 0.2) is 0 Å². The Hall–Kier alpha value is -0.0800. The Labute approximate surface area is 101 Å². The fraction of sp³-hybridized carbons (Fsp3) is 1.00. The summed E-state index contributed by atoms with van der Waals surface area (Å²) in [7, 11) is 0. The number of hydrogen-bond acceptors (Lipinski definition) is 2. The van der Waals surface area contributed by atoms with Crippen molar-refractivity contribution in [3.8, 4) is 0 Å². The Morgan fingerprint density at radius 3 is 2.69 bits per heavy atom. The summed E-state index contributed by atoms with van der Waals surface area (Å²) in [6.45, 7) is 9.11. The quantitative estimate of drug-likeness (QED) is 0.655. The minimum Gasteiger partial charge on any atom is -0.330 e. The zero-order valence-corrected chi connectivity index (χ0v) is 11.4. The molecule has 0 saturated heterocycles. The molecule has 96 valence electrons. The lowest BCUT2D eigenvalue weighted by Gasteiger charge is -2.18. The first-order chi connectivity index (χ1) is 7.53. The van der Waals surface area contributed by atoms with Gasteiger partial charge in [0.05, 0.1) is 0 Å². The Kier molecular flexibility index (Phi) is 5.77. The van der Waals surface area contributed by atoms with Crippen LogP contribution < -0.4 is 11.1 Å². The molecule has 3 N–H and O–H groups in total. The lowest BCUT2D eigenvalue weighted by Crippen LogP contribution is -2.28. The summed E-state index contributed by atoms with van der Waals surface area (Å²) in [5, 5.41) is 3.70. The van der Waals surface area contributed by atoms with Gasteiger partial charge in [0.15, 0.2) is 0 Å². The highest BCUT2D eigenvalue weighted by molar-refractivity contribution is 4.86. The van der Waals surface area contributed by atoms with Crippen LogP contribution in [0.25, 0.3) is 0 Å². The molecule has 1 aliphatic rings. The van der Waals surface area contributed by atoms with Crippen molar-refractivity contribution in [2.45, 2.75) is 65.3 Å². The second kappa shape index (κ2) is 6.61. The molecule has 1 saturated carbocycles. The Morgan fingerprint density at radius 1 is 1.38 bits per heavy atom. The minimum absolute atomic E-state index is 0.574. The largest absolute Gasteiger partial charge is 0.330 e. The molecule has 1 rings (SSSR count). The predicted molar refractivity (Wildman–Crippen MR) is 71.5 cm³/mol. The van der Waals surface area contributed by atoms with Gasteiger partial charge in [0, 0.05) is 6.04 Å². The molecule has 2 atom stereocenters. The summed E-state index contributed by atoms with van der Waals surface area (Å²) in [4.78, 5) is 0. The highest BCUT2D eigenvalue weighted by atomic mass is 14.9. The first kappa shape index (κ1) is 14.0. The molecule has 0 spiro atoms. The van der Waals surface area contributed by atoms with Crippen molar-refractivity contribution in [2.75, 3.05) is 13.1 Å². The van der Waals surface area contributed by atoms with Gasteiger partial charge in [-0.15, -0.1) is 0 Å². The lowest BCUT2D eigenvalue weighted by molar-refractivity contribution is 0.362. The molecule has 16 heavy (non-hydrogen) atoms. The standard InChI is InChI=1S/C14H30N2/c1-12(7-9-15)5-4-10-16-13-6-8-14(2,3)11-13/h12-13,16H,4-11,15H2,1-3H3. The van der Waals surface area contributed by atoms with E-state index < -0.39 is 0 Å². The molecule has 0 radical (unpaired) electrons. The zero-order chi connectivity index (χ0) is 12.0. The van der Waals surface area contributed by atoms with E-state index in [4.69, 9.17) is 5.73 Å². The monoisotopic (exact) mass is 226 g/mol. The van der Waals surface area contributed by atoms with Crippen molar-refractivity contribution in [3.05, 3.63) is 0 Å². The maximum absolute atomic E-state index is 5.55. The second-order valence-electron chi connectivity index (χ2n) is 6.38. The molecular weight excluding hydrogens is 196 g/mol. The predicted octanol–water partition coefficient (Wildman–Crippen LogP) is 2.92. The van der Waals surface area contributed by atoms with Gasteiger partial charge in [0.25, 0.3) is 0 Å². The SMILES string of the molecule is CC(CCN)CCCNC1CCC(C)(C)C1. The average Bonchev–Trinajstić information content (AvgIpc) is 2.54. The van der Waals surface area contributed by atoms with E-state index in [1.54, 1.807) is 0 Å². The third kappa shape index (κ3) is 5.31. The molecule has 1 aliphatic carbocycles. The van der Waals surface area contributed by atoms with Crippen molar-refractivity contribution < 1.29 is 0 Å². The van der Waals surface area contributed by atoms with Crippen LogP contribution >= 0.6 is 0 Å². The highest BCUT2D eigenvalue weighted by Gasteiger charge is 2.30. The number of rotatable bonds is 7. The summed E-state index contributed by atoms with van der Waals surface area (Å²) < 4.78 is 0. The number of hydrogen-bond donors (Lipinski definition) is 2. The van der Waals surface area contributed by atoms with Crippen molar-refractivity contribution in [2.24, 2.45) is 17.1 Å². The van der Waals surface area contributed by atoms with E-state index in [2.05, 4.69) is 26.1 Å². The van der Waals surface area contributed by atoms with E-state index in [0.29, 0.717) is 5.41 Å². The lowest BCUT2D eigenvalue weighted by atomic mass is 9.92. The molecule has 0 heterocycles. The fourth-order valence-electron chi connectivity index (χ4n) is 2.80. The van der Waals surface area contributed by atoms with Crippen LogP contribution in [0.2, 0.25) is 0 Å². The molecular formula is C14H30N2. The van der Waals surface area contributed by atoms with Crippen LogP contribution in [0.3, 0.4) is 0 Å². The van der Waals surface area contributed by atoms with Gasteiger partial charge in [0.2, 0.25) is 0 Å². The molecule has 2 unspecified atom stereocenters. The Balaban J connectivity index is 2.00. The summed E-state index contributed by atoms with van der Waals surface area (Å²) in [6.07, 6.45) is 7.90. The van der Waals surface area contributed by atoms with Gasteiger partial charge in [0.1, 0.15) is 0 Å². The van der Waals surface area contributed by atoms with Gasteiger partial charge in [-0.05, 0) is 62.9 Å². The average molecular weight is 226 g/mol. The van der Waals surface area contributed by atoms with E-state index in [-0.39, 0.29) is 0 Å². The van der Waals surface area contributed by atoms with E-state index in [0.717, 1.165) is 18.5 Å². The fourth-order valence-corrected chi connectivity index (χ4v) is 2.80. The van der Waals surface area contributed by atoms with Crippen molar-refractivity contribution in [1.29, 1.82) is 0 Å². The molecule has 0 aromatic heterocycles. The van der Waals surface area contributed by atoms with E-state index >= 15 is 0 Å². The first-order valence-electron chi connectivity index (χ1n) is 6.97. The first-order valence-corrected chi connectivity index (χ1v) is 6.97. The normalized spacial score (nSPS) is 25.9. The number of nitrogens with two attached hydrogens (primary N) is 1. The van der Waals surface area contributed by atoms with Crippen LogP contribution in [-0.4, -0.2) is 19.1 Å². The van der Waals surface area contributed by atoms with Crippen molar-refractivity contribution >= 4 is 0 Å². The molecule has 1 fully saturated rings. The smallest absolute Gasteiger partial charge is 0.00723 e. The van der Waals surface area contributed by atoms with E-state index in [9.17, 15) is 0 Å². The molecule has 0 amide bonds. The third-order valence-electron chi connectivity index (χ3n) is 3.93. The summed E-state index contributed by atoms with van der Waals surface area (Å²) in [6, 6.07) is 0.778. The van der Waals surface area contributed by atoms with Crippen molar-refractivity contribution in [1.82, 2.24) is 5.32 Å². The second-order valence-corrected chi connectivity index (χ2v) is 6.38. The van der Waals surface area contributed by atoms with Gasteiger partial charge < -0.3 is 11.1 Å². The van der Waals surface area contributed by atoms with Crippen molar-refractivity contribution in [3.63, 3.8) is 0 Å². The van der Waals surface area contributed by atoms with Gasteiger partial charge >= 0.3 is 0 Å². The number of nitrogens with one attached hydrogen (secondary N) is 1. The molecule has 0 aromatic carbocycles. The Morgan fingerprint density at radius 2 is 2.12 bits per heavy atom. The topological polar surface area (TPSA) is 38.0 Å². The summed E-state index contributed by atoms with van der Waals surface area (Å²) >= 11 is 0. The van der Waals surface area contributed by atoms with Crippen LogP contribution in [0.4, 0.5) is 0 Å². The van der Waals surface area contributed by atoms with Gasteiger partial charge in [-0.25, -0.2) is 0 Å². The molecule has 2 nitrogen and oxygen atoms in total. The molecule has 0 aliphatic heterocycles. The van der Waals surface area contributed by atoms with Crippen LogP contribution in [0.1, 0.15) is 59.3 Å². The van der Waals surface area contributed by atoms with Gasteiger partial charge in [-0.2, -0.15) is 0 Å². The molecule has 2 heteroatoms. The summed E-state index contributed by atoms with van der Waals surface area (Å²) in [5.74, 6) is 0.798. The van der Waals surface area contributed by atoms with Gasteiger partial charge in [-0.1, -0.05) is 20.8 Å². The maximum Gasteiger partial charge on any atom is 0.00723 e. The van der Waals surface area contributed by atoms with Crippen LogP contribution in [0, 0.1) is 11.3 Å². The molecule has 0 bridgehead atoms. The van der Waals surface area contributed by atoms with E-state index in [1.807, 2.05) is 0 Å².